The molecule has 0 fully saturated rings. The standard InChI is InChI=1S/C64H76N4O4P.CH3/c1-45(2)66(8)73(71-41-19-36-65)70-40-18-16-21-48-29-33-57-55(43-48)63(6,7)61-53-44-52-58(72-59(53)35-38-68(57)61)34-37-67-56-32-28-47(42-54(56)62(4,5)60(52)67)20-15-17-39-69-64(49-22-11-9-12-23-49,50-24-13-10-14-25-50)51-30-26-46(3)27-31-51;/h9-14,22-33,42-45,58-59H,15-21,34-35,37-41H2,1-8H3;1H3/q+1;-1. The van der Waals surface area contributed by atoms with Crippen molar-refractivity contribution in [3.8, 4) is 6.07 Å². The second-order valence-electron chi connectivity index (χ2n) is 22.2. The molecule has 5 heterocycles. The van der Waals surface area contributed by atoms with E-state index < -0.39 is 14.1 Å². The van der Waals surface area contributed by atoms with Crippen molar-refractivity contribution < 1.29 is 23.1 Å². The molecule has 0 N–H and O–H groups in total. The maximum atomic E-state index is 9.02. The fourth-order valence-electron chi connectivity index (χ4n) is 12.4. The Hall–Kier alpha value is -5.23. The highest BCUT2D eigenvalue weighted by atomic mass is 31.2. The number of nitrogens with zero attached hydrogens (tertiary/aromatic N) is 4. The van der Waals surface area contributed by atoms with Gasteiger partial charge in [0.2, 0.25) is 5.69 Å². The van der Waals surface area contributed by atoms with Gasteiger partial charge in [0.25, 0.3) is 8.53 Å². The van der Waals surface area contributed by atoms with Crippen LogP contribution in [0.3, 0.4) is 0 Å². The molecule has 3 atom stereocenters. The molecule has 3 unspecified atom stereocenters. The molecule has 5 aromatic carbocycles. The Labute approximate surface area is 444 Å². The van der Waals surface area contributed by atoms with Crippen LogP contribution >= 0.6 is 8.53 Å². The number of hydrogen-bond donors (Lipinski definition) is 0. The average Bonchev–Trinajstić information content (AvgIpc) is 3.78. The summed E-state index contributed by atoms with van der Waals surface area (Å²) in [5.41, 5.74) is 17.5. The highest BCUT2D eigenvalue weighted by Crippen LogP contribution is 2.55. The van der Waals surface area contributed by atoms with Crippen molar-refractivity contribution >= 4 is 25.6 Å². The summed E-state index contributed by atoms with van der Waals surface area (Å²) in [7, 11) is 0.862. The van der Waals surface area contributed by atoms with Crippen molar-refractivity contribution in [2.45, 2.75) is 141 Å². The molecule has 0 aliphatic carbocycles. The molecule has 0 radical (unpaired) electrons. The summed E-state index contributed by atoms with van der Waals surface area (Å²) in [6.07, 6.45) is 11.1. The molecule has 0 bridgehead atoms. The number of ether oxygens (including phenoxy) is 2. The van der Waals surface area contributed by atoms with Crippen molar-refractivity contribution in [1.82, 2.24) is 4.67 Å². The van der Waals surface area contributed by atoms with Gasteiger partial charge in [0.1, 0.15) is 5.60 Å². The zero-order valence-corrected chi connectivity index (χ0v) is 46.5. The normalized spacial score (nSPS) is 19.5. The van der Waals surface area contributed by atoms with E-state index in [-0.39, 0.29) is 30.5 Å². The zero-order chi connectivity index (χ0) is 50.9. The van der Waals surface area contributed by atoms with E-state index in [0.717, 1.165) is 81.1 Å². The van der Waals surface area contributed by atoms with Crippen LogP contribution in [0.5, 0.6) is 0 Å². The largest absolute Gasteiger partial charge is 0.365 e. The molecule has 74 heavy (non-hydrogen) atoms. The van der Waals surface area contributed by atoms with Gasteiger partial charge in [-0.3, -0.25) is 0 Å². The van der Waals surface area contributed by atoms with Gasteiger partial charge in [-0.05, 0) is 138 Å². The molecule has 388 valence electrons. The molecule has 0 amide bonds. The Morgan fingerprint density at radius 2 is 1.38 bits per heavy atom. The topological polar surface area (TPSA) is 70.2 Å². The lowest BCUT2D eigenvalue weighted by atomic mass is 9.73. The summed E-state index contributed by atoms with van der Waals surface area (Å²) in [6.45, 7) is 19.8. The fraction of sp³-hybridized carbons (Fsp3) is 0.431. The SMILES string of the molecule is Cc1ccc(C(OCCCCc2ccc3c(c2)C(C)(C)C2=[N+]3CCC3OC4CCN5C(=C4C=C23)C(C)(C)c2cc(CCCCOP(OCCC#N)N(C)C(C)C)ccc25)(c2ccccc2)c2ccccc2)cc1.[CH3-]. The van der Waals surface area contributed by atoms with Crippen LogP contribution in [0, 0.1) is 25.7 Å². The third kappa shape index (κ3) is 10.1. The van der Waals surface area contributed by atoms with Crippen molar-refractivity contribution in [2.24, 2.45) is 0 Å². The number of hydrogen-bond acceptors (Lipinski definition) is 7. The van der Waals surface area contributed by atoms with Gasteiger partial charge >= 0.3 is 0 Å². The molecule has 0 saturated heterocycles. The fourth-order valence-corrected chi connectivity index (χ4v) is 13.7. The van der Waals surface area contributed by atoms with Gasteiger partial charge in [-0.25, -0.2) is 4.67 Å². The Balaban J connectivity index is 0.00000672. The smallest absolute Gasteiger partial charge is 0.258 e. The monoisotopic (exact) mass is 1010 g/mol. The van der Waals surface area contributed by atoms with E-state index in [4.69, 9.17) is 23.8 Å². The molecule has 5 aromatic rings. The van der Waals surface area contributed by atoms with E-state index in [1.807, 2.05) is 7.05 Å². The van der Waals surface area contributed by atoms with Crippen molar-refractivity contribution in [1.29, 1.82) is 5.26 Å². The third-order valence-corrected chi connectivity index (χ3v) is 18.1. The minimum absolute atomic E-state index is 0. The lowest BCUT2D eigenvalue weighted by molar-refractivity contribution is -0.445. The maximum absolute atomic E-state index is 9.02. The Kier molecular flexibility index (Phi) is 16.3. The number of anilines is 1. The molecule has 5 aliphatic heterocycles. The van der Waals surface area contributed by atoms with Gasteiger partial charge in [-0.15, -0.1) is 0 Å². The number of nitriles is 1. The van der Waals surface area contributed by atoms with Crippen LogP contribution in [0.2, 0.25) is 0 Å². The maximum Gasteiger partial charge on any atom is 0.258 e. The Bertz CT molecular complexity index is 2880. The quantitative estimate of drug-likeness (QED) is 0.0253. The number of rotatable bonds is 20. The highest BCUT2D eigenvalue weighted by Gasteiger charge is 2.54. The van der Waals surface area contributed by atoms with Gasteiger partial charge in [0.05, 0.1) is 43.3 Å². The molecule has 0 saturated carbocycles. The second-order valence-corrected chi connectivity index (χ2v) is 23.8. The molecule has 10 rings (SSSR count). The van der Waals surface area contributed by atoms with Crippen LogP contribution in [-0.2, 0) is 47.8 Å². The van der Waals surface area contributed by atoms with Gasteiger partial charge in [-0.1, -0.05) is 123 Å². The summed E-state index contributed by atoms with van der Waals surface area (Å²) in [5, 5.41) is 9.02. The number of aryl methyl sites for hydroxylation is 3. The van der Waals surface area contributed by atoms with Crippen LogP contribution in [0.4, 0.5) is 11.4 Å². The van der Waals surface area contributed by atoms with Gasteiger partial charge < -0.3 is 30.8 Å². The van der Waals surface area contributed by atoms with Crippen LogP contribution in [0.1, 0.15) is 131 Å². The van der Waals surface area contributed by atoms with E-state index in [0.29, 0.717) is 32.3 Å². The predicted octanol–water partition coefficient (Wildman–Crippen LogP) is 14.5. The van der Waals surface area contributed by atoms with Crippen LogP contribution in [0.25, 0.3) is 0 Å². The second kappa shape index (κ2) is 22.5. The molecule has 0 aromatic heterocycles. The summed E-state index contributed by atoms with van der Waals surface area (Å²) >= 11 is 0. The molecule has 8 nitrogen and oxygen atoms in total. The Morgan fingerprint density at radius 3 is 2.04 bits per heavy atom. The van der Waals surface area contributed by atoms with E-state index >= 15 is 0 Å². The zero-order valence-electron chi connectivity index (χ0n) is 45.6. The minimum atomic E-state index is -1.18. The predicted molar refractivity (Wildman–Crippen MR) is 303 cm³/mol. The lowest BCUT2D eigenvalue weighted by Crippen LogP contribution is -2.47. The van der Waals surface area contributed by atoms with Crippen molar-refractivity contribution in [3.05, 3.63) is 196 Å². The number of allylic oxidation sites excluding steroid dienone is 1. The van der Waals surface area contributed by atoms with Gasteiger partial charge in [0, 0.05) is 65.2 Å². The van der Waals surface area contributed by atoms with Crippen LogP contribution in [0.15, 0.2) is 144 Å². The first-order chi connectivity index (χ1) is 35.3. The Morgan fingerprint density at radius 1 is 0.757 bits per heavy atom. The number of benzene rings is 5. The van der Waals surface area contributed by atoms with E-state index in [2.05, 4.69) is 196 Å². The van der Waals surface area contributed by atoms with Crippen LogP contribution in [-0.4, -0.2) is 73.2 Å². The van der Waals surface area contributed by atoms with Crippen molar-refractivity contribution in [2.75, 3.05) is 44.9 Å². The molecular weight excluding hydrogens is 932 g/mol. The van der Waals surface area contributed by atoms with E-state index in [9.17, 15) is 0 Å². The lowest BCUT2D eigenvalue weighted by Gasteiger charge is -2.42. The van der Waals surface area contributed by atoms with E-state index in [1.165, 1.54) is 61.7 Å². The number of unbranched alkanes of at least 4 members (excludes halogenated alkanes) is 2. The first-order valence-corrected chi connectivity index (χ1v) is 28.2. The van der Waals surface area contributed by atoms with E-state index in [1.54, 1.807) is 0 Å². The van der Waals surface area contributed by atoms with Crippen LogP contribution < -0.4 is 4.90 Å². The minimum Gasteiger partial charge on any atom is -0.365 e. The van der Waals surface area contributed by atoms with Gasteiger partial charge in [-0.2, -0.15) is 9.84 Å². The summed E-state index contributed by atoms with van der Waals surface area (Å²) in [5.74, 6) is 0. The first-order valence-electron chi connectivity index (χ1n) is 27.1. The third-order valence-electron chi connectivity index (χ3n) is 16.4. The highest BCUT2D eigenvalue weighted by molar-refractivity contribution is 7.44. The van der Waals surface area contributed by atoms with Crippen molar-refractivity contribution in [3.63, 3.8) is 0 Å². The number of fused-ring (bicyclic) bond motifs is 8. The average molecular weight is 1010 g/mol. The molecule has 5 aliphatic rings. The molecule has 0 spiro atoms. The summed E-state index contributed by atoms with van der Waals surface area (Å²) in [6, 6.07) is 47.3. The summed E-state index contributed by atoms with van der Waals surface area (Å²) < 4.78 is 31.4. The first kappa shape index (κ1) is 53.6. The molecule has 9 heteroatoms. The van der Waals surface area contributed by atoms with Gasteiger partial charge in [0.15, 0.2) is 12.3 Å². The molecular formula is C65H79N4O4P. The summed E-state index contributed by atoms with van der Waals surface area (Å²) in [4.78, 5) is 2.61.